The predicted molar refractivity (Wildman–Crippen MR) is 94.0 cm³/mol. The molecule has 1 aromatic heterocycles. The molecule has 6 nitrogen and oxygen atoms in total. The molecule has 0 spiro atoms. The maximum atomic E-state index is 12.9. The maximum Gasteiger partial charge on any atom is 0.291 e. The lowest BCUT2D eigenvalue weighted by molar-refractivity contribution is -0.137. The molecule has 1 fully saturated rings. The van der Waals surface area contributed by atoms with Gasteiger partial charge >= 0.3 is 0 Å². The Bertz CT molecular complexity index is 781. The van der Waals surface area contributed by atoms with E-state index in [4.69, 9.17) is 4.74 Å². The summed E-state index contributed by atoms with van der Waals surface area (Å²) in [5.41, 5.74) is 0.982. The van der Waals surface area contributed by atoms with Gasteiger partial charge in [-0.25, -0.2) is 9.99 Å². The molecule has 0 bridgehead atoms. The van der Waals surface area contributed by atoms with Crippen molar-refractivity contribution in [1.82, 2.24) is 15.0 Å². The van der Waals surface area contributed by atoms with Crippen LogP contribution in [0.5, 0.6) is 5.75 Å². The van der Waals surface area contributed by atoms with Crippen LogP contribution in [-0.4, -0.2) is 59.0 Å². The third-order valence-electron chi connectivity index (χ3n) is 3.94. The maximum absolute atomic E-state index is 12.9. The molecule has 0 radical (unpaired) electrons. The lowest BCUT2D eigenvalue weighted by Gasteiger charge is -2.27. The van der Waals surface area contributed by atoms with E-state index >= 15 is 0 Å². The van der Waals surface area contributed by atoms with Gasteiger partial charge in [0.05, 0.1) is 18.4 Å². The van der Waals surface area contributed by atoms with Gasteiger partial charge in [0.2, 0.25) is 0 Å². The fourth-order valence-corrected chi connectivity index (χ4v) is 3.23. The third kappa shape index (κ3) is 3.03. The SMILES string of the molecule is COc1cc(C(=O)N2CCCN2C(=O)CSC)nc2ccccc12. The number of methoxy groups -OCH3 is 1. The number of benzene rings is 1. The van der Waals surface area contributed by atoms with Gasteiger partial charge in [0.1, 0.15) is 11.4 Å². The number of para-hydroxylation sites is 1. The zero-order chi connectivity index (χ0) is 17.1. The van der Waals surface area contributed by atoms with Crippen LogP contribution in [-0.2, 0) is 4.79 Å². The summed E-state index contributed by atoms with van der Waals surface area (Å²) in [6.45, 7) is 1.09. The molecule has 0 atom stereocenters. The van der Waals surface area contributed by atoms with E-state index in [1.54, 1.807) is 13.2 Å². The number of hydrogen-bond acceptors (Lipinski definition) is 5. The highest BCUT2D eigenvalue weighted by molar-refractivity contribution is 7.99. The molecule has 1 saturated heterocycles. The van der Waals surface area contributed by atoms with Crippen LogP contribution in [0, 0.1) is 0 Å². The lowest BCUT2D eigenvalue weighted by Crippen LogP contribution is -2.45. The zero-order valence-corrected chi connectivity index (χ0v) is 14.5. The Hall–Kier alpha value is -2.28. The monoisotopic (exact) mass is 345 g/mol. The van der Waals surface area contributed by atoms with Crippen LogP contribution < -0.4 is 4.74 Å². The minimum atomic E-state index is -0.272. The van der Waals surface area contributed by atoms with Crippen LogP contribution in [0.4, 0.5) is 0 Å². The Kier molecular flexibility index (Phi) is 4.89. The smallest absolute Gasteiger partial charge is 0.291 e. The molecule has 2 aromatic rings. The zero-order valence-electron chi connectivity index (χ0n) is 13.7. The fraction of sp³-hybridized carbons (Fsp3) is 0.353. The number of carbonyl (C=O) groups excluding carboxylic acids is 2. The molecule has 0 unspecified atom stereocenters. The number of pyridine rings is 1. The van der Waals surface area contributed by atoms with Crippen LogP contribution in [0.25, 0.3) is 10.9 Å². The van der Waals surface area contributed by atoms with Gasteiger partial charge in [0.25, 0.3) is 11.8 Å². The number of fused-ring (bicyclic) bond motifs is 1. The van der Waals surface area contributed by atoms with Gasteiger partial charge in [0, 0.05) is 24.5 Å². The quantitative estimate of drug-likeness (QED) is 0.850. The average molecular weight is 345 g/mol. The van der Waals surface area contributed by atoms with Gasteiger partial charge in [-0.1, -0.05) is 12.1 Å². The number of rotatable bonds is 4. The molecule has 1 aromatic carbocycles. The number of carbonyl (C=O) groups is 2. The summed E-state index contributed by atoms with van der Waals surface area (Å²) in [7, 11) is 1.57. The van der Waals surface area contributed by atoms with E-state index in [1.165, 1.54) is 21.8 Å². The van der Waals surface area contributed by atoms with E-state index in [0.717, 1.165) is 11.8 Å². The molecule has 3 rings (SSSR count). The van der Waals surface area contributed by atoms with Crippen LogP contribution >= 0.6 is 11.8 Å². The first-order chi connectivity index (χ1) is 11.7. The van der Waals surface area contributed by atoms with Gasteiger partial charge in [0.15, 0.2) is 0 Å². The van der Waals surface area contributed by atoms with Crippen molar-refractivity contribution in [3.05, 3.63) is 36.0 Å². The highest BCUT2D eigenvalue weighted by Gasteiger charge is 2.32. The Morgan fingerprint density at radius 1 is 1.25 bits per heavy atom. The number of ether oxygens (including phenoxy) is 1. The van der Waals surface area contributed by atoms with E-state index < -0.39 is 0 Å². The van der Waals surface area contributed by atoms with Crippen LogP contribution in [0.1, 0.15) is 16.9 Å². The number of thioether (sulfide) groups is 1. The van der Waals surface area contributed by atoms with Crippen molar-refractivity contribution in [2.24, 2.45) is 0 Å². The van der Waals surface area contributed by atoms with E-state index in [-0.39, 0.29) is 17.5 Å². The summed E-state index contributed by atoms with van der Waals surface area (Å²) in [4.78, 5) is 29.5. The molecular weight excluding hydrogens is 326 g/mol. The molecule has 7 heteroatoms. The van der Waals surface area contributed by atoms with Gasteiger partial charge in [-0.3, -0.25) is 14.6 Å². The van der Waals surface area contributed by atoms with Crippen molar-refractivity contribution >= 4 is 34.5 Å². The molecule has 2 heterocycles. The molecule has 0 aliphatic carbocycles. The molecule has 1 aliphatic heterocycles. The summed E-state index contributed by atoms with van der Waals surface area (Å²) in [6.07, 6.45) is 2.65. The summed E-state index contributed by atoms with van der Waals surface area (Å²) in [5, 5.41) is 3.88. The average Bonchev–Trinajstić information content (AvgIpc) is 3.10. The van der Waals surface area contributed by atoms with Crippen molar-refractivity contribution in [1.29, 1.82) is 0 Å². The van der Waals surface area contributed by atoms with E-state index in [2.05, 4.69) is 4.98 Å². The van der Waals surface area contributed by atoms with Crippen molar-refractivity contribution in [3.8, 4) is 5.75 Å². The molecule has 0 saturated carbocycles. The van der Waals surface area contributed by atoms with E-state index in [9.17, 15) is 9.59 Å². The molecular formula is C17H19N3O3S. The minimum absolute atomic E-state index is 0.0545. The summed E-state index contributed by atoms with van der Waals surface area (Å²) in [6, 6.07) is 9.15. The first-order valence-electron chi connectivity index (χ1n) is 7.70. The molecule has 0 N–H and O–H groups in total. The second-order valence-electron chi connectivity index (χ2n) is 5.46. The number of hydrogen-bond donors (Lipinski definition) is 0. The Balaban J connectivity index is 1.94. The molecule has 24 heavy (non-hydrogen) atoms. The summed E-state index contributed by atoms with van der Waals surface area (Å²) in [5.74, 6) is 0.635. The van der Waals surface area contributed by atoms with Crippen molar-refractivity contribution in [2.75, 3.05) is 32.2 Å². The van der Waals surface area contributed by atoms with Crippen LogP contribution in [0.15, 0.2) is 30.3 Å². The molecule has 2 amide bonds. The Labute approximate surface area is 144 Å². The first kappa shape index (κ1) is 16.6. The van der Waals surface area contributed by atoms with E-state index in [0.29, 0.717) is 30.1 Å². The number of hydrazine groups is 1. The standard InChI is InChI=1S/C17H19N3O3S/c1-23-15-10-14(18-13-7-4-3-6-12(13)15)17(22)20-9-5-8-19(20)16(21)11-24-2/h3-4,6-7,10H,5,8-9,11H2,1-2H3. The van der Waals surface area contributed by atoms with Gasteiger partial charge in [-0.2, -0.15) is 11.8 Å². The summed E-state index contributed by atoms with van der Waals surface area (Å²) >= 11 is 1.45. The highest BCUT2D eigenvalue weighted by Crippen LogP contribution is 2.26. The minimum Gasteiger partial charge on any atom is -0.496 e. The lowest BCUT2D eigenvalue weighted by atomic mass is 10.1. The fourth-order valence-electron chi connectivity index (χ4n) is 2.83. The molecule has 1 aliphatic rings. The second-order valence-corrected chi connectivity index (χ2v) is 6.32. The van der Waals surface area contributed by atoms with Crippen molar-refractivity contribution in [2.45, 2.75) is 6.42 Å². The summed E-state index contributed by atoms with van der Waals surface area (Å²) < 4.78 is 5.40. The first-order valence-corrected chi connectivity index (χ1v) is 9.10. The topological polar surface area (TPSA) is 62.7 Å². The molecule has 126 valence electrons. The Morgan fingerprint density at radius 3 is 2.75 bits per heavy atom. The van der Waals surface area contributed by atoms with Crippen LogP contribution in [0.3, 0.4) is 0 Å². The van der Waals surface area contributed by atoms with Gasteiger partial charge in [-0.15, -0.1) is 0 Å². The van der Waals surface area contributed by atoms with Crippen molar-refractivity contribution < 1.29 is 14.3 Å². The van der Waals surface area contributed by atoms with Gasteiger partial charge < -0.3 is 4.74 Å². The third-order valence-corrected chi connectivity index (χ3v) is 4.47. The Morgan fingerprint density at radius 2 is 2.00 bits per heavy atom. The van der Waals surface area contributed by atoms with Gasteiger partial charge in [-0.05, 0) is 24.8 Å². The van der Waals surface area contributed by atoms with Crippen LogP contribution in [0.2, 0.25) is 0 Å². The highest BCUT2D eigenvalue weighted by atomic mass is 32.2. The number of amides is 2. The predicted octanol–water partition coefficient (Wildman–Crippen LogP) is 2.20. The largest absolute Gasteiger partial charge is 0.496 e. The van der Waals surface area contributed by atoms with E-state index in [1.807, 2.05) is 30.5 Å². The number of nitrogens with zero attached hydrogens (tertiary/aromatic N) is 3. The second kappa shape index (κ2) is 7.09. The normalized spacial score (nSPS) is 14.2. The number of aromatic nitrogens is 1. The van der Waals surface area contributed by atoms with Crippen molar-refractivity contribution in [3.63, 3.8) is 0 Å².